The van der Waals surface area contributed by atoms with Gasteiger partial charge >= 0.3 is 0 Å². The molecule has 0 unspecified atom stereocenters. The molecule has 0 amide bonds. The van der Waals surface area contributed by atoms with Gasteiger partial charge in [-0.25, -0.2) is 9.97 Å². The van der Waals surface area contributed by atoms with Crippen LogP contribution in [-0.4, -0.2) is 60.2 Å². The Bertz CT molecular complexity index is 630. The van der Waals surface area contributed by atoms with Crippen molar-refractivity contribution in [2.45, 2.75) is 90.0 Å². The predicted molar refractivity (Wildman–Crippen MR) is 125 cm³/mol. The Morgan fingerprint density at radius 2 is 1.77 bits per heavy atom. The number of aromatic nitrogens is 2. The van der Waals surface area contributed by atoms with Gasteiger partial charge in [0.25, 0.3) is 0 Å². The van der Waals surface area contributed by atoms with Gasteiger partial charge in [-0.3, -0.25) is 4.90 Å². The molecule has 4 rings (SSSR count). The molecule has 168 valence electrons. The molecule has 2 aliphatic carbocycles. The van der Waals surface area contributed by atoms with E-state index in [0.29, 0.717) is 0 Å². The Kier molecular flexibility index (Phi) is 8.38. The van der Waals surface area contributed by atoms with E-state index in [1.807, 2.05) is 0 Å². The van der Waals surface area contributed by atoms with Crippen molar-refractivity contribution < 1.29 is 0 Å². The maximum Gasteiger partial charge on any atom is 0.225 e. The van der Waals surface area contributed by atoms with Crippen molar-refractivity contribution in [1.29, 1.82) is 0 Å². The third-order valence-corrected chi connectivity index (χ3v) is 7.63. The molecule has 2 saturated carbocycles. The lowest BCUT2D eigenvalue weighted by Gasteiger charge is -2.43. The Morgan fingerprint density at radius 3 is 2.47 bits per heavy atom. The van der Waals surface area contributed by atoms with Crippen molar-refractivity contribution in [3.05, 3.63) is 17.5 Å². The highest BCUT2D eigenvalue weighted by Crippen LogP contribution is 2.26. The van der Waals surface area contributed by atoms with Gasteiger partial charge in [0, 0.05) is 44.1 Å². The molecule has 5 nitrogen and oxygen atoms in total. The number of rotatable bonds is 10. The van der Waals surface area contributed by atoms with Crippen molar-refractivity contribution in [3.8, 4) is 0 Å². The zero-order valence-corrected chi connectivity index (χ0v) is 19.2. The van der Waals surface area contributed by atoms with Gasteiger partial charge in [-0.2, -0.15) is 0 Å². The summed E-state index contributed by atoms with van der Waals surface area (Å²) in [6.07, 6.45) is 18.1. The van der Waals surface area contributed by atoms with Gasteiger partial charge in [-0.05, 0) is 69.5 Å². The second-order valence-electron chi connectivity index (χ2n) is 9.81. The highest BCUT2D eigenvalue weighted by atomic mass is 15.3. The molecule has 0 bridgehead atoms. The largest absolute Gasteiger partial charge is 0.338 e. The summed E-state index contributed by atoms with van der Waals surface area (Å²) in [6, 6.07) is 0.858. The van der Waals surface area contributed by atoms with Gasteiger partial charge in [0.15, 0.2) is 0 Å². The van der Waals surface area contributed by atoms with Crippen LogP contribution in [0.4, 0.5) is 5.95 Å². The summed E-state index contributed by atoms with van der Waals surface area (Å²) < 4.78 is 0. The average molecular weight is 414 g/mol. The second-order valence-corrected chi connectivity index (χ2v) is 9.81. The van der Waals surface area contributed by atoms with Gasteiger partial charge in [-0.15, -0.1) is 0 Å². The number of unbranched alkanes of at least 4 members (excludes halogenated alkanes) is 1. The number of nitrogens with zero attached hydrogens (tertiary/aromatic N) is 4. The van der Waals surface area contributed by atoms with Gasteiger partial charge < -0.3 is 10.2 Å². The van der Waals surface area contributed by atoms with E-state index < -0.39 is 0 Å². The fourth-order valence-electron chi connectivity index (χ4n) is 5.31. The van der Waals surface area contributed by atoms with E-state index in [1.54, 1.807) is 0 Å². The average Bonchev–Trinajstić information content (AvgIpc) is 2.76. The number of piperazine rings is 1. The molecular weight excluding hydrogens is 370 g/mol. The number of aryl methyl sites for hydroxylation is 1. The molecule has 0 radical (unpaired) electrons. The first-order valence-electron chi connectivity index (χ1n) is 12.9. The van der Waals surface area contributed by atoms with E-state index in [0.717, 1.165) is 50.4 Å². The molecule has 30 heavy (non-hydrogen) atoms. The third-order valence-electron chi connectivity index (χ3n) is 7.63. The second kappa shape index (κ2) is 11.4. The van der Waals surface area contributed by atoms with Crippen LogP contribution in [0.25, 0.3) is 0 Å². The minimum absolute atomic E-state index is 0.858. The molecule has 2 heterocycles. The Labute approximate surface area is 184 Å². The van der Waals surface area contributed by atoms with Crippen molar-refractivity contribution in [3.63, 3.8) is 0 Å². The first-order valence-corrected chi connectivity index (χ1v) is 12.9. The van der Waals surface area contributed by atoms with E-state index >= 15 is 0 Å². The highest BCUT2D eigenvalue weighted by Gasteiger charge is 2.28. The molecule has 3 fully saturated rings. The smallest absolute Gasteiger partial charge is 0.225 e. The summed E-state index contributed by atoms with van der Waals surface area (Å²) in [5.41, 5.74) is 2.65. The van der Waals surface area contributed by atoms with Gasteiger partial charge in [0.05, 0.1) is 0 Å². The molecule has 0 aromatic carbocycles. The molecule has 1 N–H and O–H groups in total. The van der Waals surface area contributed by atoms with Gasteiger partial charge in [0.2, 0.25) is 5.95 Å². The Morgan fingerprint density at radius 1 is 0.967 bits per heavy atom. The maximum absolute atomic E-state index is 5.08. The van der Waals surface area contributed by atoms with Crippen LogP contribution in [0.2, 0.25) is 0 Å². The quantitative estimate of drug-likeness (QED) is 0.582. The first-order chi connectivity index (χ1) is 14.8. The van der Waals surface area contributed by atoms with E-state index in [4.69, 9.17) is 9.97 Å². The lowest BCUT2D eigenvalue weighted by Crippen LogP contribution is -2.52. The number of nitrogens with one attached hydrogen (secondary N) is 1. The minimum Gasteiger partial charge on any atom is -0.338 e. The van der Waals surface area contributed by atoms with Crippen LogP contribution < -0.4 is 10.2 Å². The van der Waals surface area contributed by atoms with Crippen LogP contribution in [0.1, 0.15) is 82.4 Å². The van der Waals surface area contributed by atoms with Crippen molar-refractivity contribution in [2.24, 2.45) is 5.92 Å². The Balaban J connectivity index is 1.29. The van der Waals surface area contributed by atoms with E-state index in [-0.39, 0.29) is 0 Å². The van der Waals surface area contributed by atoms with Crippen LogP contribution in [0.15, 0.2) is 6.20 Å². The van der Waals surface area contributed by atoms with E-state index in [9.17, 15) is 0 Å². The first kappa shape index (κ1) is 22.0. The lowest BCUT2D eigenvalue weighted by atomic mass is 9.89. The standard InChI is InChI=1S/C25H43N5/c1-2-3-12-24-22(13-14-26-19-21-8-5-4-6-9-21)20-27-25(28-24)30-17-15-29(16-18-30)23-10-7-11-23/h20-21,23,26H,2-19H2,1H3. The van der Waals surface area contributed by atoms with Crippen LogP contribution in [0.3, 0.4) is 0 Å². The van der Waals surface area contributed by atoms with Crippen molar-refractivity contribution in [1.82, 2.24) is 20.2 Å². The SMILES string of the molecule is CCCCc1nc(N2CCN(C3CCC3)CC2)ncc1CCNCC1CCCCC1. The van der Waals surface area contributed by atoms with Crippen LogP contribution >= 0.6 is 0 Å². The summed E-state index contributed by atoms with van der Waals surface area (Å²) in [5, 5.41) is 3.72. The third kappa shape index (κ3) is 5.94. The molecule has 0 spiro atoms. The normalized spacial score (nSPS) is 21.7. The molecule has 1 aromatic rings. The number of hydrogen-bond donors (Lipinski definition) is 1. The topological polar surface area (TPSA) is 44.3 Å². The highest BCUT2D eigenvalue weighted by molar-refractivity contribution is 5.34. The zero-order chi connectivity index (χ0) is 20.6. The summed E-state index contributed by atoms with van der Waals surface area (Å²) in [5.74, 6) is 1.86. The predicted octanol–water partition coefficient (Wildman–Crippen LogP) is 4.21. The van der Waals surface area contributed by atoms with E-state index in [2.05, 4.69) is 28.2 Å². The summed E-state index contributed by atoms with van der Waals surface area (Å²) in [4.78, 5) is 15.0. The molecule has 0 atom stereocenters. The Hall–Kier alpha value is -1.20. The fourth-order valence-corrected chi connectivity index (χ4v) is 5.31. The molecule has 3 aliphatic rings. The van der Waals surface area contributed by atoms with Crippen LogP contribution in [-0.2, 0) is 12.8 Å². The number of hydrogen-bond acceptors (Lipinski definition) is 5. The van der Waals surface area contributed by atoms with E-state index in [1.165, 1.54) is 95.1 Å². The maximum atomic E-state index is 5.08. The monoisotopic (exact) mass is 413 g/mol. The fraction of sp³-hybridized carbons (Fsp3) is 0.840. The van der Waals surface area contributed by atoms with Crippen LogP contribution in [0, 0.1) is 5.92 Å². The molecular formula is C25H43N5. The summed E-state index contributed by atoms with van der Waals surface area (Å²) >= 11 is 0. The van der Waals surface area contributed by atoms with Gasteiger partial charge in [-0.1, -0.05) is 39.0 Å². The molecule has 1 saturated heterocycles. The summed E-state index contributed by atoms with van der Waals surface area (Å²) in [7, 11) is 0. The zero-order valence-electron chi connectivity index (χ0n) is 19.2. The molecule has 1 aliphatic heterocycles. The van der Waals surface area contributed by atoms with Crippen LogP contribution in [0.5, 0.6) is 0 Å². The summed E-state index contributed by atoms with van der Waals surface area (Å²) in [6.45, 7) is 9.01. The van der Waals surface area contributed by atoms with Crippen molar-refractivity contribution >= 4 is 5.95 Å². The van der Waals surface area contributed by atoms with Gasteiger partial charge in [0.1, 0.15) is 0 Å². The number of anilines is 1. The van der Waals surface area contributed by atoms with Crippen molar-refractivity contribution in [2.75, 3.05) is 44.2 Å². The lowest BCUT2D eigenvalue weighted by molar-refractivity contribution is 0.120. The minimum atomic E-state index is 0.858. The molecule has 1 aromatic heterocycles. The molecule has 5 heteroatoms.